The van der Waals surface area contributed by atoms with Gasteiger partial charge in [0.2, 0.25) is 0 Å². The Hall–Kier alpha value is -1.96. The standard InChI is InChI=1S/C14H14NO/c1-10-8-9-13(16)11(2)14(10)15-12-6-4-3-5-7-12/h3-9,15-16H,1H2,2H3. The Bertz CT molecular complexity index is 492. The van der Waals surface area contributed by atoms with Crippen molar-refractivity contribution in [2.24, 2.45) is 0 Å². The number of anilines is 2. The summed E-state index contributed by atoms with van der Waals surface area (Å²) in [5, 5.41) is 12.9. The predicted octanol–water partition coefficient (Wildman–Crippen LogP) is 3.63. The summed E-state index contributed by atoms with van der Waals surface area (Å²) < 4.78 is 0. The SMILES string of the molecule is [CH2]c1ccc(O)c(C)c1Nc1ccccc1. The van der Waals surface area contributed by atoms with E-state index in [4.69, 9.17) is 0 Å². The molecule has 0 aliphatic carbocycles. The van der Waals surface area contributed by atoms with Gasteiger partial charge in [0, 0.05) is 16.9 Å². The van der Waals surface area contributed by atoms with E-state index in [9.17, 15) is 5.11 Å². The third-order valence-electron chi connectivity index (χ3n) is 2.57. The normalized spacial score (nSPS) is 10.1. The van der Waals surface area contributed by atoms with Gasteiger partial charge in [0.25, 0.3) is 0 Å². The van der Waals surface area contributed by atoms with Crippen LogP contribution in [0, 0.1) is 13.8 Å². The fourth-order valence-corrected chi connectivity index (χ4v) is 1.60. The van der Waals surface area contributed by atoms with Crippen LogP contribution in [0.3, 0.4) is 0 Å². The molecule has 0 fully saturated rings. The fourth-order valence-electron chi connectivity index (χ4n) is 1.60. The van der Waals surface area contributed by atoms with Crippen molar-refractivity contribution < 1.29 is 5.11 Å². The van der Waals surface area contributed by atoms with Gasteiger partial charge >= 0.3 is 0 Å². The Balaban J connectivity index is 2.38. The molecule has 2 heteroatoms. The van der Waals surface area contributed by atoms with Crippen LogP contribution < -0.4 is 5.32 Å². The molecule has 2 aromatic carbocycles. The molecule has 0 atom stereocenters. The van der Waals surface area contributed by atoms with Gasteiger partial charge in [-0.1, -0.05) is 24.3 Å². The van der Waals surface area contributed by atoms with E-state index < -0.39 is 0 Å². The quantitative estimate of drug-likeness (QED) is 0.796. The average Bonchev–Trinajstić information content (AvgIpc) is 2.31. The highest BCUT2D eigenvalue weighted by Gasteiger charge is 2.06. The summed E-state index contributed by atoms with van der Waals surface area (Å²) in [6.07, 6.45) is 0. The largest absolute Gasteiger partial charge is 0.508 e. The predicted molar refractivity (Wildman–Crippen MR) is 67.0 cm³/mol. The van der Waals surface area contributed by atoms with Crippen LogP contribution in [-0.4, -0.2) is 5.11 Å². The van der Waals surface area contributed by atoms with Crippen molar-refractivity contribution in [1.82, 2.24) is 0 Å². The topological polar surface area (TPSA) is 32.3 Å². The number of para-hydroxylation sites is 1. The van der Waals surface area contributed by atoms with Crippen LogP contribution >= 0.6 is 0 Å². The van der Waals surface area contributed by atoms with E-state index in [2.05, 4.69) is 12.2 Å². The minimum absolute atomic E-state index is 0.283. The number of hydrogen-bond donors (Lipinski definition) is 2. The highest BCUT2D eigenvalue weighted by Crippen LogP contribution is 2.30. The lowest BCUT2D eigenvalue weighted by Gasteiger charge is -2.13. The highest BCUT2D eigenvalue weighted by molar-refractivity contribution is 5.70. The summed E-state index contributed by atoms with van der Waals surface area (Å²) in [6, 6.07) is 13.3. The number of phenolic OH excluding ortho intramolecular Hbond substituents is 1. The fraction of sp³-hybridized carbons (Fsp3) is 0.0714. The van der Waals surface area contributed by atoms with E-state index in [-0.39, 0.29) is 5.75 Å². The minimum atomic E-state index is 0.283. The molecule has 2 rings (SSSR count). The second kappa shape index (κ2) is 4.27. The second-order valence-electron chi connectivity index (χ2n) is 3.73. The van der Waals surface area contributed by atoms with Crippen LogP contribution in [0.25, 0.3) is 0 Å². The number of phenols is 1. The zero-order valence-electron chi connectivity index (χ0n) is 9.20. The molecule has 81 valence electrons. The maximum absolute atomic E-state index is 9.63. The molecule has 0 amide bonds. The molecular weight excluding hydrogens is 198 g/mol. The van der Waals surface area contributed by atoms with Gasteiger partial charge in [-0.25, -0.2) is 0 Å². The molecule has 0 aliphatic heterocycles. The number of nitrogens with one attached hydrogen (secondary N) is 1. The highest BCUT2D eigenvalue weighted by atomic mass is 16.3. The summed E-state index contributed by atoms with van der Waals surface area (Å²) in [4.78, 5) is 0. The molecule has 2 nitrogen and oxygen atoms in total. The summed E-state index contributed by atoms with van der Waals surface area (Å²) in [6.45, 7) is 5.82. The number of aromatic hydroxyl groups is 1. The molecule has 2 N–H and O–H groups in total. The van der Waals surface area contributed by atoms with Gasteiger partial charge in [-0.15, -0.1) is 0 Å². The van der Waals surface area contributed by atoms with Crippen molar-refractivity contribution in [1.29, 1.82) is 0 Å². The third kappa shape index (κ3) is 2.01. The zero-order chi connectivity index (χ0) is 11.5. The molecule has 0 unspecified atom stereocenters. The number of hydrogen-bond acceptors (Lipinski definition) is 2. The Labute approximate surface area is 95.6 Å². The molecule has 0 saturated carbocycles. The summed E-state index contributed by atoms with van der Waals surface area (Å²) in [7, 11) is 0. The molecule has 0 bridgehead atoms. The van der Waals surface area contributed by atoms with Gasteiger partial charge in [-0.05, 0) is 37.6 Å². The van der Waals surface area contributed by atoms with Crippen molar-refractivity contribution in [3.8, 4) is 5.75 Å². The van der Waals surface area contributed by atoms with Gasteiger partial charge in [-0.3, -0.25) is 0 Å². The molecule has 2 aromatic rings. The molecule has 0 aliphatic rings. The summed E-state index contributed by atoms with van der Waals surface area (Å²) in [5.74, 6) is 0.283. The Morgan fingerprint density at radius 1 is 1.06 bits per heavy atom. The van der Waals surface area contributed by atoms with Crippen LogP contribution in [0.1, 0.15) is 11.1 Å². The molecular formula is C14H14NO. The van der Waals surface area contributed by atoms with Gasteiger partial charge in [0.05, 0.1) is 0 Å². The molecule has 0 aromatic heterocycles. The lowest BCUT2D eigenvalue weighted by molar-refractivity contribution is 0.471. The van der Waals surface area contributed by atoms with Gasteiger partial charge < -0.3 is 10.4 Å². The summed E-state index contributed by atoms with van der Waals surface area (Å²) >= 11 is 0. The van der Waals surface area contributed by atoms with Crippen molar-refractivity contribution in [3.05, 3.63) is 60.5 Å². The van der Waals surface area contributed by atoms with Crippen molar-refractivity contribution >= 4 is 11.4 Å². The maximum atomic E-state index is 9.63. The minimum Gasteiger partial charge on any atom is -0.508 e. The van der Waals surface area contributed by atoms with Gasteiger partial charge in [0.15, 0.2) is 0 Å². The third-order valence-corrected chi connectivity index (χ3v) is 2.57. The number of rotatable bonds is 2. The lowest BCUT2D eigenvalue weighted by atomic mass is 10.1. The van der Waals surface area contributed by atoms with Crippen LogP contribution in [0.5, 0.6) is 5.75 Å². The Morgan fingerprint density at radius 3 is 2.44 bits per heavy atom. The van der Waals surface area contributed by atoms with E-state index in [1.165, 1.54) is 0 Å². The average molecular weight is 212 g/mol. The van der Waals surface area contributed by atoms with Gasteiger partial charge in [0.1, 0.15) is 5.75 Å². The van der Waals surface area contributed by atoms with Crippen molar-refractivity contribution in [2.75, 3.05) is 5.32 Å². The van der Waals surface area contributed by atoms with E-state index in [1.807, 2.05) is 37.3 Å². The summed E-state index contributed by atoms with van der Waals surface area (Å²) in [5.41, 5.74) is 3.54. The first-order chi connectivity index (χ1) is 7.68. The van der Waals surface area contributed by atoms with Crippen molar-refractivity contribution in [3.63, 3.8) is 0 Å². The molecule has 16 heavy (non-hydrogen) atoms. The second-order valence-corrected chi connectivity index (χ2v) is 3.73. The Morgan fingerprint density at radius 2 is 1.75 bits per heavy atom. The van der Waals surface area contributed by atoms with Crippen LogP contribution in [0.4, 0.5) is 11.4 Å². The molecule has 0 spiro atoms. The van der Waals surface area contributed by atoms with E-state index in [1.54, 1.807) is 12.1 Å². The molecule has 0 saturated heterocycles. The van der Waals surface area contributed by atoms with E-state index >= 15 is 0 Å². The molecule has 0 heterocycles. The smallest absolute Gasteiger partial charge is 0.120 e. The monoisotopic (exact) mass is 212 g/mol. The van der Waals surface area contributed by atoms with Crippen LogP contribution in [-0.2, 0) is 0 Å². The van der Waals surface area contributed by atoms with Crippen molar-refractivity contribution in [2.45, 2.75) is 6.92 Å². The molecule has 1 radical (unpaired) electrons. The first-order valence-electron chi connectivity index (χ1n) is 5.15. The van der Waals surface area contributed by atoms with Gasteiger partial charge in [-0.2, -0.15) is 0 Å². The first-order valence-corrected chi connectivity index (χ1v) is 5.15. The number of benzene rings is 2. The van der Waals surface area contributed by atoms with Crippen LogP contribution in [0.15, 0.2) is 42.5 Å². The van der Waals surface area contributed by atoms with E-state index in [0.29, 0.717) is 0 Å². The Kier molecular flexibility index (Phi) is 2.82. The van der Waals surface area contributed by atoms with Crippen LogP contribution in [0.2, 0.25) is 0 Å². The first kappa shape index (κ1) is 10.6. The lowest BCUT2D eigenvalue weighted by Crippen LogP contribution is -1.95. The van der Waals surface area contributed by atoms with E-state index in [0.717, 1.165) is 22.5 Å². The maximum Gasteiger partial charge on any atom is 0.120 e. The zero-order valence-corrected chi connectivity index (χ0v) is 9.20.